The van der Waals surface area contributed by atoms with E-state index in [1.54, 1.807) is 6.07 Å². The van der Waals surface area contributed by atoms with Gasteiger partial charge in [-0.2, -0.15) is 5.10 Å². The summed E-state index contributed by atoms with van der Waals surface area (Å²) in [6, 6.07) is 4.48. The Morgan fingerprint density at radius 2 is 2.31 bits per heavy atom. The number of hydrogen-bond donors (Lipinski definition) is 1. The van der Waals surface area contributed by atoms with E-state index in [0.717, 1.165) is 4.47 Å². The third kappa shape index (κ3) is 1.94. The highest BCUT2D eigenvalue weighted by Gasteiger charge is 2.11. The predicted molar refractivity (Wildman–Crippen MR) is 66.2 cm³/mol. The minimum Gasteiger partial charge on any atom is -0.300 e. The van der Waals surface area contributed by atoms with Gasteiger partial charge in [0, 0.05) is 16.6 Å². The van der Waals surface area contributed by atoms with Crippen molar-refractivity contribution in [2.24, 2.45) is 0 Å². The molecule has 0 radical (unpaired) electrons. The van der Waals surface area contributed by atoms with Crippen molar-refractivity contribution in [3.05, 3.63) is 33.3 Å². The average Bonchev–Trinajstić information content (AvgIpc) is 2.63. The number of benzene rings is 1. The van der Waals surface area contributed by atoms with Gasteiger partial charge in [0.1, 0.15) is 5.82 Å². The van der Waals surface area contributed by atoms with Gasteiger partial charge < -0.3 is 4.57 Å². The summed E-state index contributed by atoms with van der Waals surface area (Å²) in [7, 11) is 0. The number of hydrogen-bond acceptors (Lipinski definition) is 2. The summed E-state index contributed by atoms with van der Waals surface area (Å²) >= 11 is 8.46. The van der Waals surface area contributed by atoms with Gasteiger partial charge in [-0.15, -0.1) is 0 Å². The molecular formula is C10H9BrFN3S. The molecule has 1 N–H and O–H groups in total. The number of nitrogens with one attached hydrogen (secondary N) is 1. The van der Waals surface area contributed by atoms with Crippen LogP contribution in [0.5, 0.6) is 0 Å². The van der Waals surface area contributed by atoms with Crippen LogP contribution < -0.4 is 0 Å². The molecule has 1 heterocycles. The lowest BCUT2D eigenvalue weighted by Crippen LogP contribution is -1.98. The highest BCUT2D eigenvalue weighted by atomic mass is 79.9. The number of nitrogens with zero attached hydrogens (tertiary/aromatic N) is 2. The Morgan fingerprint density at radius 1 is 1.56 bits per heavy atom. The van der Waals surface area contributed by atoms with Crippen LogP contribution in [0, 0.1) is 10.6 Å². The molecule has 0 fully saturated rings. The molecule has 16 heavy (non-hydrogen) atoms. The van der Waals surface area contributed by atoms with Crippen LogP contribution in [0.25, 0.3) is 11.4 Å². The summed E-state index contributed by atoms with van der Waals surface area (Å²) in [4.78, 5) is 0. The van der Waals surface area contributed by atoms with Gasteiger partial charge in [0.2, 0.25) is 0 Å². The van der Waals surface area contributed by atoms with Crippen LogP contribution in [0.15, 0.2) is 22.7 Å². The van der Waals surface area contributed by atoms with E-state index in [-0.39, 0.29) is 5.82 Å². The zero-order valence-corrected chi connectivity index (χ0v) is 10.9. The van der Waals surface area contributed by atoms with E-state index in [1.165, 1.54) is 12.1 Å². The quantitative estimate of drug-likeness (QED) is 0.861. The molecule has 0 atom stereocenters. The van der Waals surface area contributed by atoms with E-state index in [4.69, 9.17) is 12.2 Å². The van der Waals surface area contributed by atoms with Gasteiger partial charge in [-0.25, -0.2) is 4.39 Å². The molecule has 0 aliphatic rings. The highest BCUT2D eigenvalue weighted by molar-refractivity contribution is 9.10. The summed E-state index contributed by atoms with van der Waals surface area (Å²) in [5, 5.41) is 6.81. The molecule has 0 aliphatic carbocycles. The topological polar surface area (TPSA) is 33.6 Å². The van der Waals surface area contributed by atoms with Gasteiger partial charge in [-0.05, 0) is 37.3 Å². The molecule has 0 bridgehead atoms. The SMILES string of the molecule is CCn1c(-c2cc(F)ccc2Br)n[nH]c1=S. The zero-order valence-electron chi connectivity index (χ0n) is 8.50. The molecule has 1 aromatic heterocycles. The maximum atomic E-state index is 13.2. The van der Waals surface area contributed by atoms with Gasteiger partial charge in [0.15, 0.2) is 10.6 Å². The molecule has 84 valence electrons. The third-order valence-corrected chi connectivity index (χ3v) is 3.25. The summed E-state index contributed by atoms with van der Waals surface area (Å²) in [6.07, 6.45) is 0. The van der Waals surface area contributed by atoms with E-state index >= 15 is 0 Å². The molecule has 1 aromatic carbocycles. The second kappa shape index (κ2) is 4.47. The van der Waals surface area contributed by atoms with E-state index in [9.17, 15) is 4.39 Å². The number of H-pyrrole nitrogens is 1. The summed E-state index contributed by atoms with van der Waals surface area (Å²) < 4.78 is 16.3. The van der Waals surface area contributed by atoms with Crippen LogP contribution in [0.2, 0.25) is 0 Å². The van der Waals surface area contributed by atoms with Gasteiger partial charge >= 0.3 is 0 Å². The lowest BCUT2D eigenvalue weighted by molar-refractivity contribution is 0.627. The monoisotopic (exact) mass is 301 g/mol. The molecule has 0 saturated heterocycles. The Balaban J connectivity index is 2.67. The number of rotatable bonds is 2. The Labute approximate surface area is 105 Å². The van der Waals surface area contributed by atoms with E-state index in [1.807, 2.05) is 11.5 Å². The van der Waals surface area contributed by atoms with Crippen molar-refractivity contribution in [1.29, 1.82) is 0 Å². The molecule has 0 saturated carbocycles. The van der Waals surface area contributed by atoms with Gasteiger partial charge in [0.25, 0.3) is 0 Å². The average molecular weight is 302 g/mol. The smallest absolute Gasteiger partial charge is 0.195 e. The molecule has 0 unspecified atom stereocenters. The van der Waals surface area contributed by atoms with Crippen molar-refractivity contribution in [1.82, 2.24) is 14.8 Å². The van der Waals surface area contributed by atoms with Crippen molar-refractivity contribution in [3.63, 3.8) is 0 Å². The summed E-state index contributed by atoms with van der Waals surface area (Å²) in [6.45, 7) is 2.65. The number of aromatic amines is 1. The van der Waals surface area contributed by atoms with Gasteiger partial charge in [-0.1, -0.05) is 15.9 Å². The van der Waals surface area contributed by atoms with Crippen LogP contribution in [-0.2, 0) is 6.54 Å². The Kier molecular flexibility index (Phi) is 3.20. The Hall–Kier alpha value is -1.01. The molecule has 0 spiro atoms. The first-order chi connectivity index (χ1) is 7.63. The van der Waals surface area contributed by atoms with Crippen molar-refractivity contribution in [2.45, 2.75) is 13.5 Å². The van der Waals surface area contributed by atoms with E-state index in [0.29, 0.717) is 22.7 Å². The molecular weight excluding hydrogens is 293 g/mol. The van der Waals surface area contributed by atoms with Crippen molar-refractivity contribution < 1.29 is 4.39 Å². The summed E-state index contributed by atoms with van der Waals surface area (Å²) in [5.41, 5.74) is 0.689. The van der Waals surface area contributed by atoms with Crippen molar-refractivity contribution in [3.8, 4) is 11.4 Å². The summed E-state index contributed by atoms with van der Waals surface area (Å²) in [5.74, 6) is 0.341. The van der Waals surface area contributed by atoms with Crippen LogP contribution >= 0.6 is 28.1 Å². The number of aromatic nitrogens is 3. The molecule has 0 amide bonds. The van der Waals surface area contributed by atoms with Crippen molar-refractivity contribution >= 4 is 28.1 Å². The second-order valence-electron chi connectivity index (χ2n) is 3.22. The van der Waals surface area contributed by atoms with Crippen molar-refractivity contribution in [2.75, 3.05) is 0 Å². The fourth-order valence-corrected chi connectivity index (χ4v) is 2.17. The lowest BCUT2D eigenvalue weighted by Gasteiger charge is -2.05. The minimum atomic E-state index is -0.297. The first-order valence-corrected chi connectivity index (χ1v) is 5.94. The van der Waals surface area contributed by atoms with Crippen LogP contribution in [-0.4, -0.2) is 14.8 Å². The standard InChI is InChI=1S/C10H9BrFN3S/c1-2-15-9(13-14-10(15)16)7-5-6(12)3-4-8(7)11/h3-5H,2H2,1H3,(H,14,16). The largest absolute Gasteiger partial charge is 0.300 e. The molecule has 2 aromatic rings. The normalized spacial score (nSPS) is 10.7. The Morgan fingerprint density at radius 3 is 3.00 bits per heavy atom. The van der Waals surface area contributed by atoms with E-state index in [2.05, 4.69) is 26.1 Å². The number of halogens is 2. The second-order valence-corrected chi connectivity index (χ2v) is 4.46. The van der Waals surface area contributed by atoms with Gasteiger partial charge in [0.05, 0.1) is 0 Å². The maximum absolute atomic E-state index is 13.2. The van der Waals surface area contributed by atoms with Crippen LogP contribution in [0.3, 0.4) is 0 Å². The fourth-order valence-electron chi connectivity index (χ4n) is 1.49. The Bertz CT molecular complexity index is 576. The third-order valence-electron chi connectivity index (χ3n) is 2.24. The zero-order chi connectivity index (χ0) is 11.7. The van der Waals surface area contributed by atoms with Gasteiger partial charge in [-0.3, -0.25) is 5.10 Å². The minimum absolute atomic E-state index is 0.297. The molecule has 2 rings (SSSR count). The predicted octanol–water partition coefficient (Wildman–Crippen LogP) is 3.53. The molecule has 6 heteroatoms. The first kappa shape index (κ1) is 11.5. The van der Waals surface area contributed by atoms with Crippen LogP contribution in [0.1, 0.15) is 6.92 Å². The fraction of sp³-hybridized carbons (Fsp3) is 0.200. The van der Waals surface area contributed by atoms with E-state index < -0.39 is 0 Å². The molecule has 0 aliphatic heterocycles. The highest BCUT2D eigenvalue weighted by Crippen LogP contribution is 2.27. The van der Waals surface area contributed by atoms with Crippen LogP contribution in [0.4, 0.5) is 4.39 Å². The lowest BCUT2D eigenvalue weighted by atomic mass is 10.2. The first-order valence-electron chi connectivity index (χ1n) is 4.74. The maximum Gasteiger partial charge on any atom is 0.195 e. The molecule has 3 nitrogen and oxygen atoms in total.